The Labute approximate surface area is 206 Å². The van der Waals surface area contributed by atoms with Gasteiger partial charge in [-0.15, -0.1) is 0 Å². The van der Waals surface area contributed by atoms with Gasteiger partial charge in [0, 0.05) is 31.0 Å². The molecule has 1 unspecified atom stereocenters. The van der Waals surface area contributed by atoms with E-state index >= 15 is 0 Å². The molecule has 0 saturated carbocycles. The van der Waals surface area contributed by atoms with Crippen LogP contribution < -0.4 is 20.3 Å². The number of anilines is 3. The number of benzene rings is 2. The number of halogens is 3. The van der Waals surface area contributed by atoms with Gasteiger partial charge < -0.3 is 20.3 Å². The molecule has 0 bridgehead atoms. The van der Waals surface area contributed by atoms with Gasteiger partial charge in [-0.25, -0.2) is 4.98 Å². The molecule has 1 fully saturated rings. The molecule has 1 aliphatic heterocycles. The summed E-state index contributed by atoms with van der Waals surface area (Å²) in [6, 6.07) is 15.7. The van der Waals surface area contributed by atoms with Crippen molar-refractivity contribution in [3.8, 4) is 5.75 Å². The standard InChI is InChI=1S/C26H25F3N4O3/c1-36-19-9-4-8-18(15-19)31-25(35)20-10-2-3-12-22(20)32-24(34)17-7-6-14-33(16-17)23-21(26(27,28)29)11-5-13-30-23/h2-5,8-13,15,17H,6-7,14,16H2,1H3,(H,31,35)(H,32,34). The van der Waals surface area contributed by atoms with E-state index in [-0.39, 0.29) is 23.8 Å². The van der Waals surface area contributed by atoms with Crippen molar-refractivity contribution in [3.05, 3.63) is 78.0 Å². The normalized spacial score (nSPS) is 15.8. The van der Waals surface area contributed by atoms with Crippen LogP contribution in [0, 0.1) is 5.92 Å². The molecule has 1 saturated heterocycles. The van der Waals surface area contributed by atoms with Crippen LogP contribution in [0.5, 0.6) is 5.75 Å². The number of amides is 2. The molecule has 3 aromatic rings. The summed E-state index contributed by atoms with van der Waals surface area (Å²) in [7, 11) is 1.52. The molecule has 1 atom stereocenters. The Bertz CT molecular complexity index is 1250. The maximum absolute atomic E-state index is 13.5. The third-order valence-corrected chi connectivity index (χ3v) is 5.94. The number of para-hydroxylation sites is 1. The fourth-order valence-corrected chi connectivity index (χ4v) is 4.18. The molecule has 2 amide bonds. The highest BCUT2D eigenvalue weighted by atomic mass is 19.4. The maximum atomic E-state index is 13.5. The number of hydrogen-bond acceptors (Lipinski definition) is 5. The van der Waals surface area contributed by atoms with Crippen molar-refractivity contribution >= 4 is 29.0 Å². The van der Waals surface area contributed by atoms with E-state index < -0.39 is 23.6 Å². The molecule has 0 spiro atoms. The van der Waals surface area contributed by atoms with Crippen molar-refractivity contribution in [2.45, 2.75) is 19.0 Å². The van der Waals surface area contributed by atoms with Crippen LogP contribution in [-0.2, 0) is 11.0 Å². The van der Waals surface area contributed by atoms with Gasteiger partial charge in [0.2, 0.25) is 5.91 Å². The van der Waals surface area contributed by atoms with E-state index in [0.717, 1.165) is 6.07 Å². The minimum absolute atomic E-state index is 0.0874. The Balaban J connectivity index is 1.48. The lowest BCUT2D eigenvalue weighted by Gasteiger charge is -2.34. The molecule has 0 radical (unpaired) electrons. The number of carbonyl (C=O) groups excluding carboxylic acids is 2. The van der Waals surface area contributed by atoms with Gasteiger partial charge in [0.1, 0.15) is 11.6 Å². The second-order valence-corrected chi connectivity index (χ2v) is 8.38. The molecule has 2 N–H and O–H groups in total. The van der Waals surface area contributed by atoms with Gasteiger partial charge in [-0.05, 0) is 49.2 Å². The predicted molar refractivity (Wildman–Crippen MR) is 130 cm³/mol. The molecule has 1 aliphatic rings. The Morgan fingerprint density at radius 1 is 1.06 bits per heavy atom. The van der Waals surface area contributed by atoms with E-state index in [2.05, 4.69) is 15.6 Å². The van der Waals surface area contributed by atoms with Crippen LogP contribution in [0.2, 0.25) is 0 Å². The van der Waals surface area contributed by atoms with Crippen molar-refractivity contribution in [1.29, 1.82) is 0 Å². The number of ether oxygens (including phenoxy) is 1. The zero-order chi connectivity index (χ0) is 25.7. The zero-order valence-electron chi connectivity index (χ0n) is 19.5. The molecular weight excluding hydrogens is 473 g/mol. The SMILES string of the molecule is COc1cccc(NC(=O)c2ccccc2NC(=O)C2CCCN(c3ncccc3C(F)(F)F)C2)c1. The molecule has 2 aromatic carbocycles. The molecule has 36 heavy (non-hydrogen) atoms. The Morgan fingerprint density at radius 3 is 2.64 bits per heavy atom. The van der Waals surface area contributed by atoms with Gasteiger partial charge >= 0.3 is 6.18 Å². The molecule has 188 valence electrons. The summed E-state index contributed by atoms with van der Waals surface area (Å²) >= 11 is 0. The van der Waals surface area contributed by atoms with Crippen molar-refractivity contribution in [3.63, 3.8) is 0 Å². The lowest BCUT2D eigenvalue weighted by molar-refractivity contribution is -0.137. The summed E-state index contributed by atoms with van der Waals surface area (Å²) in [6.45, 7) is 0.452. The summed E-state index contributed by atoms with van der Waals surface area (Å²) < 4.78 is 45.6. The molecule has 4 rings (SSSR count). The number of methoxy groups -OCH3 is 1. The fraction of sp³-hybridized carbons (Fsp3) is 0.269. The second kappa shape index (κ2) is 10.7. The largest absolute Gasteiger partial charge is 0.497 e. The monoisotopic (exact) mass is 498 g/mol. The molecule has 1 aromatic heterocycles. The van der Waals surface area contributed by atoms with E-state index in [9.17, 15) is 22.8 Å². The molecule has 10 heteroatoms. The number of hydrogen-bond donors (Lipinski definition) is 2. The van der Waals surface area contributed by atoms with Crippen molar-refractivity contribution in [2.24, 2.45) is 5.92 Å². The van der Waals surface area contributed by atoms with Gasteiger partial charge in [0.15, 0.2) is 0 Å². The van der Waals surface area contributed by atoms with E-state index in [4.69, 9.17) is 4.74 Å². The van der Waals surface area contributed by atoms with Gasteiger partial charge in [-0.1, -0.05) is 18.2 Å². The van der Waals surface area contributed by atoms with Crippen LogP contribution in [0.25, 0.3) is 0 Å². The molecular formula is C26H25F3N4O3. The Hall–Kier alpha value is -4.08. The van der Waals surface area contributed by atoms with Crippen molar-refractivity contribution < 1.29 is 27.5 Å². The van der Waals surface area contributed by atoms with Gasteiger partial charge in [0.25, 0.3) is 5.91 Å². The number of piperidine rings is 1. The topological polar surface area (TPSA) is 83.6 Å². The number of nitrogens with one attached hydrogen (secondary N) is 2. The quantitative estimate of drug-likeness (QED) is 0.487. The highest BCUT2D eigenvalue weighted by molar-refractivity contribution is 6.10. The van der Waals surface area contributed by atoms with Gasteiger partial charge in [-0.3, -0.25) is 9.59 Å². The number of carbonyl (C=O) groups is 2. The lowest BCUT2D eigenvalue weighted by Crippen LogP contribution is -2.42. The van der Waals surface area contributed by atoms with Crippen molar-refractivity contribution in [2.75, 3.05) is 35.7 Å². The lowest BCUT2D eigenvalue weighted by atomic mass is 9.96. The van der Waals surface area contributed by atoms with E-state index in [1.807, 2.05) is 0 Å². The summed E-state index contributed by atoms with van der Waals surface area (Å²) in [6.07, 6.45) is -2.20. The van der Waals surface area contributed by atoms with Gasteiger partial charge in [-0.2, -0.15) is 13.2 Å². The summed E-state index contributed by atoms with van der Waals surface area (Å²) in [4.78, 5) is 31.5. The van der Waals surface area contributed by atoms with Crippen LogP contribution in [0.1, 0.15) is 28.8 Å². The average Bonchev–Trinajstić information content (AvgIpc) is 2.88. The Morgan fingerprint density at radius 2 is 1.86 bits per heavy atom. The van der Waals surface area contributed by atoms with Crippen LogP contribution in [0.3, 0.4) is 0 Å². The first-order chi connectivity index (χ1) is 17.3. The molecule has 7 nitrogen and oxygen atoms in total. The highest BCUT2D eigenvalue weighted by Gasteiger charge is 2.37. The predicted octanol–water partition coefficient (Wildman–Crippen LogP) is 5.22. The first kappa shape index (κ1) is 25.0. The summed E-state index contributed by atoms with van der Waals surface area (Å²) in [5.74, 6) is -0.965. The third kappa shape index (κ3) is 5.76. The van der Waals surface area contributed by atoms with Crippen molar-refractivity contribution in [1.82, 2.24) is 4.98 Å². The molecule has 2 heterocycles. The third-order valence-electron chi connectivity index (χ3n) is 5.94. The second-order valence-electron chi connectivity index (χ2n) is 8.38. The van der Waals surface area contributed by atoms with Crippen LogP contribution >= 0.6 is 0 Å². The first-order valence-electron chi connectivity index (χ1n) is 11.4. The fourth-order valence-electron chi connectivity index (χ4n) is 4.18. The minimum atomic E-state index is -4.55. The van der Waals surface area contributed by atoms with E-state index in [0.29, 0.717) is 36.5 Å². The van der Waals surface area contributed by atoms with E-state index in [1.54, 1.807) is 48.5 Å². The van der Waals surface area contributed by atoms with E-state index in [1.165, 1.54) is 24.3 Å². The number of alkyl halides is 3. The number of pyridine rings is 1. The maximum Gasteiger partial charge on any atom is 0.419 e. The molecule has 0 aliphatic carbocycles. The average molecular weight is 499 g/mol. The number of aromatic nitrogens is 1. The zero-order valence-corrected chi connectivity index (χ0v) is 19.5. The van der Waals surface area contributed by atoms with Gasteiger partial charge in [0.05, 0.1) is 29.8 Å². The smallest absolute Gasteiger partial charge is 0.419 e. The summed E-state index contributed by atoms with van der Waals surface area (Å²) in [5, 5.41) is 5.57. The Kier molecular flexibility index (Phi) is 7.42. The van der Waals surface area contributed by atoms with Crippen LogP contribution in [0.4, 0.5) is 30.4 Å². The van der Waals surface area contributed by atoms with Crippen LogP contribution in [0.15, 0.2) is 66.9 Å². The minimum Gasteiger partial charge on any atom is -0.497 e. The number of rotatable bonds is 6. The first-order valence-corrected chi connectivity index (χ1v) is 11.4. The number of nitrogens with zero attached hydrogens (tertiary/aromatic N) is 2. The summed E-state index contributed by atoms with van der Waals surface area (Å²) in [5.41, 5.74) is 0.268. The highest BCUT2D eigenvalue weighted by Crippen LogP contribution is 2.36. The van der Waals surface area contributed by atoms with Crippen LogP contribution in [-0.4, -0.2) is 37.0 Å².